The Morgan fingerprint density at radius 3 is 2.73 bits per heavy atom. The van der Waals surface area contributed by atoms with Crippen LogP contribution in [-0.4, -0.2) is 26.7 Å². The Kier molecular flexibility index (Phi) is 4.33. The Bertz CT molecular complexity index is 997. The molecule has 0 radical (unpaired) electrons. The van der Waals surface area contributed by atoms with Crippen molar-refractivity contribution in [3.05, 3.63) is 42.2 Å². The van der Waals surface area contributed by atoms with E-state index in [1.54, 1.807) is 0 Å². The van der Waals surface area contributed by atoms with Crippen molar-refractivity contribution in [2.45, 2.75) is 13.1 Å². The highest BCUT2D eigenvalue weighted by molar-refractivity contribution is 5.88. The van der Waals surface area contributed by atoms with Gasteiger partial charge in [0.05, 0.1) is 18.0 Å². The molecule has 7 nitrogen and oxygen atoms in total. The number of imidazole rings is 1. The van der Waals surface area contributed by atoms with Gasteiger partial charge in [-0.1, -0.05) is 12.1 Å². The molecule has 2 N–H and O–H groups in total. The topological polar surface area (TPSA) is 88.4 Å². The zero-order valence-electron chi connectivity index (χ0n) is 13.3. The SMILES string of the molecule is CC(=O)Nc1cn2c(NC=O)c(-c3cccc(C(F)(F)F)c3)nc2cn1. The molecule has 26 heavy (non-hydrogen) atoms. The van der Waals surface area contributed by atoms with Crippen LogP contribution in [0.15, 0.2) is 36.7 Å². The number of benzene rings is 1. The molecular weight excluding hydrogens is 351 g/mol. The normalized spacial score (nSPS) is 11.4. The molecule has 2 amide bonds. The molecule has 10 heteroatoms. The van der Waals surface area contributed by atoms with E-state index in [9.17, 15) is 22.8 Å². The van der Waals surface area contributed by atoms with E-state index >= 15 is 0 Å². The lowest BCUT2D eigenvalue weighted by atomic mass is 10.1. The van der Waals surface area contributed by atoms with Gasteiger partial charge in [-0.25, -0.2) is 9.97 Å². The molecule has 0 saturated carbocycles. The number of alkyl halides is 3. The number of aromatic nitrogens is 3. The highest BCUT2D eigenvalue weighted by atomic mass is 19.4. The van der Waals surface area contributed by atoms with E-state index in [4.69, 9.17) is 0 Å². The smallest absolute Gasteiger partial charge is 0.313 e. The Morgan fingerprint density at radius 2 is 2.08 bits per heavy atom. The fourth-order valence-electron chi connectivity index (χ4n) is 2.44. The van der Waals surface area contributed by atoms with Gasteiger partial charge in [-0.15, -0.1) is 0 Å². The molecule has 0 bridgehead atoms. The van der Waals surface area contributed by atoms with E-state index in [0.717, 1.165) is 12.1 Å². The standard InChI is InChI=1S/C16H12F3N5O2/c1-9(26)22-12-7-24-13(6-20-12)23-14(15(24)21-8-25)10-3-2-4-11(5-10)16(17,18)19/h2-8H,1H3,(H,21,25)(H,22,26). The fraction of sp³-hybridized carbons (Fsp3) is 0.125. The summed E-state index contributed by atoms with van der Waals surface area (Å²) in [6.07, 6.45) is -1.38. The number of hydrogen-bond donors (Lipinski definition) is 2. The molecule has 0 atom stereocenters. The zero-order chi connectivity index (χ0) is 18.9. The summed E-state index contributed by atoms with van der Waals surface area (Å²) in [5.41, 5.74) is -0.226. The Balaban J connectivity index is 2.18. The minimum atomic E-state index is -4.51. The van der Waals surface area contributed by atoms with Crippen molar-refractivity contribution >= 4 is 29.6 Å². The number of nitrogens with zero attached hydrogens (tertiary/aromatic N) is 3. The van der Waals surface area contributed by atoms with Gasteiger partial charge in [-0.2, -0.15) is 13.2 Å². The van der Waals surface area contributed by atoms with E-state index in [-0.39, 0.29) is 34.4 Å². The molecule has 2 heterocycles. The Hall–Kier alpha value is -3.43. The van der Waals surface area contributed by atoms with Crippen LogP contribution in [0.25, 0.3) is 16.9 Å². The molecule has 0 saturated heterocycles. The van der Waals surface area contributed by atoms with Gasteiger partial charge in [0, 0.05) is 12.5 Å². The molecule has 0 fully saturated rings. The molecule has 3 aromatic rings. The number of anilines is 2. The van der Waals surface area contributed by atoms with Crippen molar-refractivity contribution in [2.75, 3.05) is 10.6 Å². The quantitative estimate of drug-likeness (QED) is 0.698. The van der Waals surface area contributed by atoms with Crippen LogP contribution < -0.4 is 10.6 Å². The summed E-state index contributed by atoms with van der Waals surface area (Å²) in [5.74, 6) is 0.00947. The molecular formula is C16H12F3N5O2. The number of halogens is 3. The molecule has 2 aromatic heterocycles. The van der Waals surface area contributed by atoms with Gasteiger partial charge in [-0.3, -0.25) is 14.0 Å². The summed E-state index contributed by atoms with van der Waals surface area (Å²) in [5, 5.41) is 4.92. The second-order valence-corrected chi connectivity index (χ2v) is 5.33. The summed E-state index contributed by atoms with van der Waals surface area (Å²) in [7, 11) is 0. The monoisotopic (exact) mass is 363 g/mol. The summed E-state index contributed by atoms with van der Waals surface area (Å²) in [6, 6.07) is 4.60. The molecule has 3 rings (SSSR count). The van der Waals surface area contributed by atoms with Gasteiger partial charge in [-0.05, 0) is 12.1 Å². The average Bonchev–Trinajstić information content (AvgIpc) is 2.92. The van der Waals surface area contributed by atoms with Crippen LogP contribution in [-0.2, 0) is 15.8 Å². The van der Waals surface area contributed by atoms with E-state index in [2.05, 4.69) is 20.6 Å². The van der Waals surface area contributed by atoms with Crippen molar-refractivity contribution in [1.29, 1.82) is 0 Å². The second kappa shape index (κ2) is 6.47. The highest BCUT2D eigenvalue weighted by Gasteiger charge is 2.31. The van der Waals surface area contributed by atoms with Crippen molar-refractivity contribution < 1.29 is 22.8 Å². The molecule has 0 spiro atoms. The van der Waals surface area contributed by atoms with E-state index in [0.29, 0.717) is 6.41 Å². The predicted octanol–water partition coefficient (Wildman–Crippen LogP) is 2.94. The van der Waals surface area contributed by atoms with Gasteiger partial charge in [0.1, 0.15) is 17.3 Å². The van der Waals surface area contributed by atoms with E-state index in [1.165, 1.54) is 35.9 Å². The average molecular weight is 363 g/mol. The van der Waals surface area contributed by atoms with Crippen molar-refractivity contribution in [2.24, 2.45) is 0 Å². The molecule has 1 aromatic carbocycles. The minimum absolute atomic E-state index is 0.143. The lowest BCUT2D eigenvalue weighted by molar-refractivity contribution is -0.137. The van der Waals surface area contributed by atoms with Crippen LogP contribution in [0.4, 0.5) is 24.8 Å². The third-order valence-electron chi connectivity index (χ3n) is 3.47. The van der Waals surface area contributed by atoms with E-state index in [1.807, 2.05) is 0 Å². The first-order valence-corrected chi connectivity index (χ1v) is 7.33. The summed E-state index contributed by atoms with van der Waals surface area (Å²) in [6.45, 7) is 1.30. The number of hydrogen-bond acceptors (Lipinski definition) is 4. The number of amides is 2. The molecule has 0 aliphatic rings. The largest absolute Gasteiger partial charge is 0.416 e. The van der Waals surface area contributed by atoms with Gasteiger partial charge in [0.25, 0.3) is 0 Å². The number of carbonyl (C=O) groups excluding carboxylic acids is 2. The maximum absolute atomic E-state index is 13.0. The first-order chi connectivity index (χ1) is 12.3. The first-order valence-electron chi connectivity index (χ1n) is 7.33. The Labute approximate surface area is 144 Å². The number of fused-ring (bicyclic) bond motifs is 1. The van der Waals surface area contributed by atoms with Gasteiger partial charge in [0.15, 0.2) is 5.65 Å². The molecule has 0 aliphatic heterocycles. The summed E-state index contributed by atoms with van der Waals surface area (Å²) < 4.78 is 40.3. The van der Waals surface area contributed by atoms with Crippen LogP contribution >= 0.6 is 0 Å². The lowest BCUT2D eigenvalue weighted by Crippen LogP contribution is -2.09. The molecule has 0 aliphatic carbocycles. The number of rotatable bonds is 4. The van der Waals surface area contributed by atoms with Crippen LogP contribution in [0.2, 0.25) is 0 Å². The number of nitrogens with one attached hydrogen (secondary N) is 2. The van der Waals surface area contributed by atoms with Crippen molar-refractivity contribution in [3.63, 3.8) is 0 Å². The second-order valence-electron chi connectivity index (χ2n) is 5.33. The maximum atomic E-state index is 13.0. The van der Waals surface area contributed by atoms with Crippen molar-refractivity contribution in [1.82, 2.24) is 14.4 Å². The minimum Gasteiger partial charge on any atom is -0.313 e. The highest BCUT2D eigenvalue weighted by Crippen LogP contribution is 2.34. The van der Waals surface area contributed by atoms with Crippen LogP contribution in [0.5, 0.6) is 0 Å². The van der Waals surface area contributed by atoms with E-state index < -0.39 is 11.7 Å². The third-order valence-corrected chi connectivity index (χ3v) is 3.47. The molecule has 134 valence electrons. The lowest BCUT2D eigenvalue weighted by Gasteiger charge is -2.09. The van der Waals surface area contributed by atoms with Gasteiger partial charge >= 0.3 is 6.18 Å². The first kappa shape index (κ1) is 17.4. The summed E-state index contributed by atoms with van der Waals surface area (Å²) >= 11 is 0. The Morgan fingerprint density at radius 1 is 1.31 bits per heavy atom. The van der Waals surface area contributed by atoms with Crippen LogP contribution in [0.1, 0.15) is 12.5 Å². The summed E-state index contributed by atoms with van der Waals surface area (Å²) in [4.78, 5) is 30.4. The predicted molar refractivity (Wildman–Crippen MR) is 87.4 cm³/mol. The zero-order valence-corrected chi connectivity index (χ0v) is 13.3. The van der Waals surface area contributed by atoms with Gasteiger partial charge in [0.2, 0.25) is 12.3 Å². The van der Waals surface area contributed by atoms with Gasteiger partial charge < -0.3 is 10.6 Å². The fourth-order valence-corrected chi connectivity index (χ4v) is 2.44. The molecule has 0 unspecified atom stereocenters. The number of carbonyl (C=O) groups is 2. The third kappa shape index (κ3) is 3.34. The maximum Gasteiger partial charge on any atom is 0.416 e. The van der Waals surface area contributed by atoms with Crippen LogP contribution in [0.3, 0.4) is 0 Å². The van der Waals surface area contributed by atoms with Crippen LogP contribution in [0, 0.1) is 0 Å². The van der Waals surface area contributed by atoms with Crippen molar-refractivity contribution in [3.8, 4) is 11.3 Å².